The molecule has 1 aliphatic rings. The van der Waals surface area contributed by atoms with Crippen LogP contribution in [-0.4, -0.2) is 31.4 Å². The molecule has 3 N–H and O–H groups in total. The molecule has 0 bridgehead atoms. The minimum absolute atomic E-state index is 0.0268. The molecule has 2 rings (SSSR count). The molecule has 1 saturated heterocycles. The number of carbonyl (C=O) groups is 2. The zero-order valence-electron chi connectivity index (χ0n) is 14.0. The number of benzene rings is 1. The van der Waals surface area contributed by atoms with E-state index in [1.807, 2.05) is 26.0 Å². The summed E-state index contributed by atoms with van der Waals surface area (Å²) in [4.78, 5) is 24.4. The molecule has 2 amide bonds. The summed E-state index contributed by atoms with van der Waals surface area (Å²) in [6.45, 7) is 6.76. The Hall–Kier alpha value is -1.88. The van der Waals surface area contributed by atoms with Crippen LogP contribution in [0.2, 0.25) is 0 Å². The third kappa shape index (κ3) is 5.67. The van der Waals surface area contributed by atoms with Crippen molar-refractivity contribution in [2.75, 3.05) is 25.0 Å². The smallest absolute Gasteiger partial charge is 0.253 e. The van der Waals surface area contributed by atoms with Crippen LogP contribution in [0.5, 0.6) is 0 Å². The van der Waals surface area contributed by atoms with Gasteiger partial charge in [-0.05, 0) is 49.9 Å². The first kappa shape index (κ1) is 17.5. The van der Waals surface area contributed by atoms with Crippen molar-refractivity contribution >= 4 is 17.5 Å². The quantitative estimate of drug-likeness (QED) is 0.723. The lowest BCUT2D eigenvalue weighted by Gasteiger charge is -2.13. The Morgan fingerprint density at radius 3 is 2.78 bits per heavy atom. The van der Waals surface area contributed by atoms with Gasteiger partial charge in [0.15, 0.2) is 0 Å². The maximum absolute atomic E-state index is 12.2. The van der Waals surface area contributed by atoms with Gasteiger partial charge in [-0.3, -0.25) is 9.59 Å². The molecule has 1 aromatic carbocycles. The highest BCUT2D eigenvalue weighted by Gasteiger charge is 2.17. The summed E-state index contributed by atoms with van der Waals surface area (Å²) in [6.07, 6.45) is 2.52. The van der Waals surface area contributed by atoms with Crippen molar-refractivity contribution < 1.29 is 9.59 Å². The molecule has 0 aromatic heterocycles. The molecule has 0 saturated carbocycles. The predicted molar refractivity (Wildman–Crippen MR) is 92.5 cm³/mol. The fraction of sp³-hybridized carbons (Fsp3) is 0.556. The molecule has 0 radical (unpaired) electrons. The van der Waals surface area contributed by atoms with Gasteiger partial charge in [0.2, 0.25) is 5.91 Å². The molecule has 5 heteroatoms. The Labute approximate surface area is 138 Å². The number of para-hydroxylation sites is 1. The van der Waals surface area contributed by atoms with Gasteiger partial charge in [0.25, 0.3) is 5.91 Å². The number of rotatable bonds is 7. The maximum Gasteiger partial charge on any atom is 0.253 e. The van der Waals surface area contributed by atoms with Crippen molar-refractivity contribution in [1.29, 1.82) is 0 Å². The van der Waals surface area contributed by atoms with Crippen LogP contribution < -0.4 is 16.0 Å². The largest absolute Gasteiger partial charge is 0.352 e. The van der Waals surface area contributed by atoms with E-state index in [9.17, 15) is 9.59 Å². The number of anilines is 1. The summed E-state index contributed by atoms with van der Waals surface area (Å²) >= 11 is 0. The van der Waals surface area contributed by atoms with E-state index in [-0.39, 0.29) is 11.8 Å². The highest BCUT2D eigenvalue weighted by atomic mass is 16.2. The second kappa shape index (κ2) is 8.67. The van der Waals surface area contributed by atoms with Crippen LogP contribution in [-0.2, 0) is 4.79 Å². The molecule has 1 fully saturated rings. The molecule has 0 aliphatic carbocycles. The number of nitrogens with one attached hydrogen (secondary N) is 3. The number of hydrogen-bond acceptors (Lipinski definition) is 3. The molecular formula is C18H27N3O2. The lowest BCUT2D eigenvalue weighted by molar-refractivity contribution is -0.116. The summed E-state index contributed by atoms with van der Waals surface area (Å²) in [6, 6.07) is 7.16. The van der Waals surface area contributed by atoms with E-state index in [0.717, 1.165) is 25.9 Å². The van der Waals surface area contributed by atoms with Crippen LogP contribution in [0.15, 0.2) is 24.3 Å². The predicted octanol–water partition coefficient (Wildman–Crippen LogP) is 2.40. The van der Waals surface area contributed by atoms with Crippen LogP contribution in [0.25, 0.3) is 0 Å². The van der Waals surface area contributed by atoms with Crippen LogP contribution in [0.1, 0.15) is 43.5 Å². The van der Waals surface area contributed by atoms with Crippen molar-refractivity contribution in [2.45, 2.75) is 33.1 Å². The van der Waals surface area contributed by atoms with Gasteiger partial charge in [-0.2, -0.15) is 0 Å². The van der Waals surface area contributed by atoms with Gasteiger partial charge in [0.05, 0.1) is 11.3 Å². The number of amides is 2. The average Bonchev–Trinajstić information content (AvgIpc) is 3.04. The third-order valence-corrected chi connectivity index (χ3v) is 4.06. The lowest BCUT2D eigenvalue weighted by atomic mass is 10.0. The molecule has 1 atom stereocenters. The molecule has 0 spiro atoms. The van der Waals surface area contributed by atoms with E-state index in [1.165, 1.54) is 0 Å². The molecule has 126 valence electrons. The Morgan fingerprint density at radius 2 is 2.09 bits per heavy atom. The van der Waals surface area contributed by atoms with Crippen molar-refractivity contribution in [3.8, 4) is 0 Å². The van der Waals surface area contributed by atoms with Gasteiger partial charge < -0.3 is 16.0 Å². The molecule has 1 heterocycles. The summed E-state index contributed by atoms with van der Waals surface area (Å²) in [7, 11) is 0. The second-order valence-corrected chi connectivity index (χ2v) is 6.60. The van der Waals surface area contributed by atoms with Gasteiger partial charge in [-0.25, -0.2) is 0 Å². The molecular weight excluding hydrogens is 290 g/mol. The SMILES string of the molecule is CC(C)CNC(=O)c1ccccc1NC(=O)CCC1CCNC1. The van der Waals surface area contributed by atoms with Crippen molar-refractivity contribution in [2.24, 2.45) is 11.8 Å². The molecule has 1 aromatic rings. The fourth-order valence-corrected chi connectivity index (χ4v) is 2.69. The first-order valence-electron chi connectivity index (χ1n) is 8.44. The minimum Gasteiger partial charge on any atom is -0.352 e. The van der Waals surface area contributed by atoms with Crippen LogP contribution in [0, 0.1) is 11.8 Å². The van der Waals surface area contributed by atoms with Gasteiger partial charge >= 0.3 is 0 Å². The van der Waals surface area contributed by atoms with Crippen molar-refractivity contribution in [1.82, 2.24) is 10.6 Å². The number of hydrogen-bond donors (Lipinski definition) is 3. The molecule has 1 aliphatic heterocycles. The van der Waals surface area contributed by atoms with E-state index >= 15 is 0 Å². The van der Waals surface area contributed by atoms with Gasteiger partial charge in [-0.1, -0.05) is 26.0 Å². The zero-order valence-corrected chi connectivity index (χ0v) is 14.0. The molecule has 1 unspecified atom stereocenters. The van der Waals surface area contributed by atoms with Gasteiger partial charge in [0, 0.05) is 13.0 Å². The van der Waals surface area contributed by atoms with E-state index in [0.29, 0.717) is 36.1 Å². The Balaban J connectivity index is 1.90. The normalized spacial score (nSPS) is 17.3. The summed E-state index contributed by atoms with van der Waals surface area (Å²) in [5, 5.41) is 9.08. The second-order valence-electron chi connectivity index (χ2n) is 6.60. The van der Waals surface area contributed by atoms with E-state index in [4.69, 9.17) is 0 Å². The van der Waals surface area contributed by atoms with Crippen LogP contribution >= 0.6 is 0 Å². The highest BCUT2D eigenvalue weighted by Crippen LogP contribution is 2.18. The average molecular weight is 317 g/mol. The Morgan fingerprint density at radius 1 is 1.30 bits per heavy atom. The maximum atomic E-state index is 12.2. The lowest BCUT2D eigenvalue weighted by Crippen LogP contribution is -2.28. The molecule has 5 nitrogen and oxygen atoms in total. The minimum atomic E-state index is -0.144. The van der Waals surface area contributed by atoms with Gasteiger partial charge in [-0.15, -0.1) is 0 Å². The summed E-state index contributed by atoms with van der Waals surface area (Å²) in [5.74, 6) is 0.807. The first-order chi connectivity index (χ1) is 11.1. The number of carbonyl (C=O) groups excluding carboxylic acids is 2. The van der Waals surface area contributed by atoms with E-state index in [1.54, 1.807) is 12.1 Å². The Kier molecular flexibility index (Phi) is 6.59. The van der Waals surface area contributed by atoms with Crippen LogP contribution in [0.4, 0.5) is 5.69 Å². The van der Waals surface area contributed by atoms with E-state index in [2.05, 4.69) is 16.0 Å². The fourth-order valence-electron chi connectivity index (χ4n) is 2.69. The highest BCUT2D eigenvalue weighted by molar-refractivity contribution is 6.03. The van der Waals surface area contributed by atoms with Crippen LogP contribution in [0.3, 0.4) is 0 Å². The monoisotopic (exact) mass is 317 g/mol. The summed E-state index contributed by atoms with van der Waals surface area (Å²) < 4.78 is 0. The third-order valence-electron chi connectivity index (χ3n) is 4.06. The standard InChI is InChI=1S/C18H27N3O2/c1-13(2)11-20-18(23)15-5-3-4-6-16(15)21-17(22)8-7-14-9-10-19-12-14/h3-6,13-14,19H,7-12H2,1-2H3,(H,20,23)(H,21,22). The first-order valence-corrected chi connectivity index (χ1v) is 8.44. The van der Waals surface area contributed by atoms with E-state index < -0.39 is 0 Å². The molecule has 23 heavy (non-hydrogen) atoms. The summed E-state index contributed by atoms with van der Waals surface area (Å²) in [5.41, 5.74) is 1.10. The topological polar surface area (TPSA) is 70.2 Å². The van der Waals surface area contributed by atoms with Crippen molar-refractivity contribution in [3.05, 3.63) is 29.8 Å². The zero-order chi connectivity index (χ0) is 16.7. The Bertz CT molecular complexity index is 537. The van der Waals surface area contributed by atoms with Crippen molar-refractivity contribution in [3.63, 3.8) is 0 Å². The van der Waals surface area contributed by atoms with Gasteiger partial charge in [0.1, 0.15) is 0 Å².